The SMILES string of the molecule is CC[C@H](c1cccc(OC)c1O)N1CCNCC1. The van der Waals surface area contributed by atoms with Gasteiger partial charge in [0.15, 0.2) is 11.5 Å². The van der Waals surface area contributed by atoms with E-state index in [1.165, 1.54) is 0 Å². The van der Waals surface area contributed by atoms with Crippen LogP contribution in [0.3, 0.4) is 0 Å². The Morgan fingerprint density at radius 3 is 2.72 bits per heavy atom. The molecule has 1 saturated heterocycles. The predicted molar refractivity (Wildman–Crippen MR) is 72.1 cm³/mol. The van der Waals surface area contributed by atoms with Gasteiger partial charge in [0.25, 0.3) is 0 Å². The summed E-state index contributed by atoms with van der Waals surface area (Å²) in [6, 6.07) is 6.00. The monoisotopic (exact) mass is 250 g/mol. The number of benzene rings is 1. The van der Waals surface area contributed by atoms with Crippen molar-refractivity contribution < 1.29 is 9.84 Å². The van der Waals surface area contributed by atoms with E-state index in [-0.39, 0.29) is 11.8 Å². The minimum absolute atomic E-state index is 0.266. The van der Waals surface area contributed by atoms with E-state index in [4.69, 9.17) is 4.74 Å². The molecule has 0 saturated carbocycles. The van der Waals surface area contributed by atoms with Crippen LogP contribution < -0.4 is 10.1 Å². The third-order valence-corrected chi connectivity index (χ3v) is 3.59. The Bertz CT molecular complexity index is 389. The lowest BCUT2D eigenvalue weighted by molar-refractivity contribution is 0.166. The van der Waals surface area contributed by atoms with Gasteiger partial charge in [-0.2, -0.15) is 0 Å². The average Bonchev–Trinajstić information content (AvgIpc) is 2.43. The van der Waals surface area contributed by atoms with Crippen LogP contribution in [-0.2, 0) is 0 Å². The van der Waals surface area contributed by atoms with E-state index in [9.17, 15) is 5.11 Å². The molecule has 4 nitrogen and oxygen atoms in total. The molecule has 0 aromatic heterocycles. The highest BCUT2D eigenvalue weighted by molar-refractivity contribution is 5.46. The van der Waals surface area contributed by atoms with Gasteiger partial charge >= 0.3 is 0 Å². The van der Waals surface area contributed by atoms with E-state index in [2.05, 4.69) is 17.1 Å². The Morgan fingerprint density at radius 1 is 1.39 bits per heavy atom. The Morgan fingerprint density at radius 2 is 2.11 bits per heavy atom. The number of phenolic OH excluding ortho intramolecular Hbond substituents is 1. The van der Waals surface area contributed by atoms with Crippen LogP contribution >= 0.6 is 0 Å². The Balaban J connectivity index is 2.26. The molecule has 4 heteroatoms. The molecule has 2 rings (SSSR count). The maximum atomic E-state index is 10.3. The van der Waals surface area contributed by atoms with Crippen LogP contribution in [0.2, 0.25) is 0 Å². The standard InChI is InChI=1S/C14H22N2O2/c1-3-12(16-9-7-15-8-10-16)11-5-4-6-13(18-2)14(11)17/h4-6,12,15,17H,3,7-10H2,1-2H3/t12-/m1/s1. The molecule has 1 fully saturated rings. The van der Waals surface area contributed by atoms with Gasteiger partial charge in [-0.1, -0.05) is 19.1 Å². The lowest BCUT2D eigenvalue weighted by atomic mass is 10.0. The minimum atomic E-state index is 0.266. The molecule has 1 atom stereocenters. The highest BCUT2D eigenvalue weighted by atomic mass is 16.5. The van der Waals surface area contributed by atoms with Crippen molar-refractivity contribution in [2.75, 3.05) is 33.3 Å². The summed E-state index contributed by atoms with van der Waals surface area (Å²) in [7, 11) is 1.59. The van der Waals surface area contributed by atoms with E-state index < -0.39 is 0 Å². The normalized spacial score (nSPS) is 18.6. The lowest BCUT2D eigenvalue weighted by Gasteiger charge is -2.35. The molecule has 0 spiro atoms. The van der Waals surface area contributed by atoms with Crippen molar-refractivity contribution >= 4 is 0 Å². The van der Waals surface area contributed by atoms with Crippen molar-refractivity contribution in [3.63, 3.8) is 0 Å². The lowest BCUT2D eigenvalue weighted by Crippen LogP contribution is -2.45. The fraction of sp³-hybridized carbons (Fsp3) is 0.571. The van der Waals surface area contributed by atoms with Crippen LogP contribution in [0.1, 0.15) is 24.9 Å². The van der Waals surface area contributed by atoms with Crippen LogP contribution in [0.25, 0.3) is 0 Å². The predicted octanol–water partition coefficient (Wildman–Crippen LogP) is 1.76. The molecular formula is C14H22N2O2. The average molecular weight is 250 g/mol. The number of piperazine rings is 1. The fourth-order valence-corrected chi connectivity index (χ4v) is 2.64. The number of methoxy groups -OCH3 is 1. The fourth-order valence-electron chi connectivity index (χ4n) is 2.64. The van der Waals surface area contributed by atoms with Gasteiger partial charge in [-0.25, -0.2) is 0 Å². The van der Waals surface area contributed by atoms with Gasteiger partial charge in [0, 0.05) is 37.8 Å². The van der Waals surface area contributed by atoms with Crippen LogP contribution in [0.15, 0.2) is 18.2 Å². The minimum Gasteiger partial charge on any atom is -0.504 e. The maximum Gasteiger partial charge on any atom is 0.162 e. The second kappa shape index (κ2) is 6.07. The topological polar surface area (TPSA) is 44.7 Å². The van der Waals surface area contributed by atoms with Crippen LogP contribution in [-0.4, -0.2) is 43.3 Å². The molecule has 1 aromatic rings. The molecule has 1 aromatic carbocycles. The van der Waals surface area contributed by atoms with Crippen molar-refractivity contribution in [2.45, 2.75) is 19.4 Å². The number of nitrogens with one attached hydrogen (secondary N) is 1. The van der Waals surface area contributed by atoms with E-state index in [0.29, 0.717) is 5.75 Å². The maximum absolute atomic E-state index is 10.3. The third-order valence-electron chi connectivity index (χ3n) is 3.59. The zero-order valence-electron chi connectivity index (χ0n) is 11.1. The van der Waals surface area contributed by atoms with Gasteiger partial charge in [0.1, 0.15) is 0 Å². The molecule has 0 bridgehead atoms. The zero-order valence-corrected chi connectivity index (χ0v) is 11.1. The third kappa shape index (κ3) is 2.60. The molecule has 100 valence electrons. The second-order valence-corrected chi connectivity index (χ2v) is 4.61. The first-order valence-electron chi connectivity index (χ1n) is 6.58. The van der Waals surface area contributed by atoms with Gasteiger partial charge < -0.3 is 15.2 Å². The number of phenols is 1. The molecule has 0 unspecified atom stereocenters. The highest BCUT2D eigenvalue weighted by Crippen LogP contribution is 2.37. The molecule has 0 aliphatic carbocycles. The summed E-state index contributed by atoms with van der Waals surface area (Å²) in [5.74, 6) is 0.839. The first kappa shape index (κ1) is 13.2. The summed E-state index contributed by atoms with van der Waals surface area (Å²) in [4.78, 5) is 2.42. The van der Waals surface area contributed by atoms with E-state index in [1.54, 1.807) is 13.2 Å². The van der Waals surface area contributed by atoms with Crippen molar-refractivity contribution in [1.82, 2.24) is 10.2 Å². The smallest absolute Gasteiger partial charge is 0.162 e. The van der Waals surface area contributed by atoms with E-state index >= 15 is 0 Å². The first-order valence-corrected chi connectivity index (χ1v) is 6.58. The number of nitrogens with zero attached hydrogens (tertiary/aromatic N) is 1. The zero-order chi connectivity index (χ0) is 13.0. The van der Waals surface area contributed by atoms with E-state index in [1.807, 2.05) is 12.1 Å². The second-order valence-electron chi connectivity index (χ2n) is 4.61. The number of hydrogen-bond donors (Lipinski definition) is 2. The number of ether oxygens (including phenoxy) is 1. The summed E-state index contributed by atoms with van der Waals surface area (Å²) >= 11 is 0. The largest absolute Gasteiger partial charge is 0.504 e. The van der Waals surface area contributed by atoms with Crippen LogP contribution in [0, 0.1) is 0 Å². The van der Waals surface area contributed by atoms with Crippen molar-refractivity contribution in [3.05, 3.63) is 23.8 Å². The van der Waals surface area contributed by atoms with Crippen molar-refractivity contribution in [1.29, 1.82) is 0 Å². The van der Waals surface area contributed by atoms with Gasteiger partial charge in [-0.3, -0.25) is 4.90 Å². The van der Waals surface area contributed by atoms with E-state index in [0.717, 1.165) is 38.2 Å². The molecule has 0 radical (unpaired) electrons. The number of hydrogen-bond acceptors (Lipinski definition) is 4. The first-order chi connectivity index (χ1) is 8.77. The molecule has 2 N–H and O–H groups in total. The van der Waals surface area contributed by atoms with Gasteiger partial charge in [0.05, 0.1) is 7.11 Å². The molecule has 1 heterocycles. The summed E-state index contributed by atoms with van der Waals surface area (Å²) in [6.07, 6.45) is 0.987. The molecule has 1 aliphatic heterocycles. The molecule has 0 amide bonds. The summed E-state index contributed by atoms with van der Waals surface area (Å²) in [5, 5.41) is 13.6. The van der Waals surface area contributed by atoms with Crippen LogP contribution in [0.5, 0.6) is 11.5 Å². The summed E-state index contributed by atoms with van der Waals surface area (Å²) < 4.78 is 5.19. The Kier molecular flexibility index (Phi) is 4.44. The summed E-state index contributed by atoms with van der Waals surface area (Å²) in [6.45, 7) is 6.23. The van der Waals surface area contributed by atoms with Crippen molar-refractivity contribution in [3.8, 4) is 11.5 Å². The quantitative estimate of drug-likeness (QED) is 0.854. The van der Waals surface area contributed by atoms with Crippen LogP contribution in [0.4, 0.5) is 0 Å². The highest BCUT2D eigenvalue weighted by Gasteiger charge is 2.23. The molecule has 18 heavy (non-hydrogen) atoms. The Labute approximate surface area is 109 Å². The molecule has 1 aliphatic rings. The van der Waals surface area contributed by atoms with Gasteiger partial charge in [0.2, 0.25) is 0 Å². The van der Waals surface area contributed by atoms with Gasteiger partial charge in [-0.05, 0) is 12.5 Å². The summed E-state index contributed by atoms with van der Waals surface area (Å²) in [5.41, 5.74) is 0.971. The number of aromatic hydroxyl groups is 1. The number of rotatable bonds is 4. The van der Waals surface area contributed by atoms with Gasteiger partial charge in [-0.15, -0.1) is 0 Å². The van der Waals surface area contributed by atoms with Crippen molar-refractivity contribution in [2.24, 2.45) is 0 Å². The molecular weight excluding hydrogens is 228 g/mol. The Hall–Kier alpha value is -1.26. The number of para-hydroxylation sites is 1.